The number of hydrogen-bond donors (Lipinski definition) is 10. The van der Waals surface area contributed by atoms with Crippen molar-refractivity contribution in [1.29, 1.82) is 0 Å². The summed E-state index contributed by atoms with van der Waals surface area (Å²) in [5.74, 6) is -2.00. The number of imidazole rings is 1. The van der Waals surface area contributed by atoms with Crippen LogP contribution in [0, 0.1) is 72.9 Å². The fourth-order valence-corrected chi connectivity index (χ4v) is 19.5. The molecule has 2 saturated heterocycles. The Hall–Kier alpha value is -2.47. The molecule has 0 bridgehead atoms. The van der Waals surface area contributed by atoms with Gasteiger partial charge in [-0.2, -0.15) is 0 Å². The van der Waals surface area contributed by atoms with E-state index in [9.17, 15) is 45.3 Å². The van der Waals surface area contributed by atoms with Crippen LogP contribution < -0.4 is 11.1 Å². The normalized spacial score (nSPS) is 48.6. The number of rotatable bonds is 12. The quantitative estimate of drug-likeness (QED) is 0.0941. The Bertz CT molecular complexity index is 2150. The van der Waals surface area contributed by atoms with Gasteiger partial charge in [-0.1, -0.05) is 72.0 Å². The van der Waals surface area contributed by atoms with E-state index in [-0.39, 0.29) is 72.2 Å². The van der Waals surface area contributed by atoms with E-state index in [4.69, 9.17) is 15.2 Å². The number of carbonyl (C=O) groups is 2. The SMILES string of the molecule is CC1(CO)CCC2(C(=O)O)CCC3(C)C(=CCC4C5(C)C(CC6C(C(CCCN)c7cnc[nH]7)NC(=O)C67CCCC7)C(O)C(OC6OCC(O)C(O)C6O)C(C)(CO)C5CC5(CCCC5)C43C)C2C1. The van der Waals surface area contributed by atoms with Crippen LogP contribution in [0.5, 0.6) is 0 Å². The van der Waals surface area contributed by atoms with Crippen molar-refractivity contribution in [2.75, 3.05) is 26.4 Å². The van der Waals surface area contributed by atoms with E-state index >= 15 is 0 Å². The summed E-state index contributed by atoms with van der Waals surface area (Å²) in [6.07, 6.45) is 11.6. The van der Waals surface area contributed by atoms with Crippen LogP contribution in [0.25, 0.3) is 0 Å². The zero-order valence-electron chi connectivity index (χ0n) is 42.6. The maximum atomic E-state index is 14.9. The van der Waals surface area contributed by atoms with Crippen LogP contribution in [-0.2, 0) is 19.1 Å². The van der Waals surface area contributed by atoms with E-state index in [0.717, 1.165) is 76.3 Å². The molecule has 0 radical (unpaired) electrons. The highest BCUT2D eigenvalue weighted by Crippen LogP contribution is 2.83. The summed E-state index contributed by atoms with van der Waals surface area (Å²) in [6, 6.07) is -0.293. The molecule has 11 N–H and O–H groups in total. The smallest absolute Gasteiger partial charge is 0.310 e. The maximum absolute atomic E-state index is 14.9. The number of nitrogens with one attached hydrogen (secondary N) is 2. The first-order chi connectivity index (χ1) is 33.2. The van der Waals surface area contributed by atoms with Crippen LogP contribution in [0.1, 0.15) is 162 Å². The van der Waals surface area contributed by atoms with Crippen molar-refractivity contribution in [2.45, 2.75) is 199 Å². The van der Waals surface area contributed by atoms with Gasteiger partial charge in [0.15, 0.2) is 6.29 Å². The maximum Gasteiger partial charge on any atom is 0.310 e. The minimum Gasteiger partial charge on any atom is -0.481 e. The molecular weight excluding hydrogens is 893 g/mol. The van der Waals surface area contributed by atoms with Crippen LogP contribution in [0.4, 0.5) is 0 Å². The molecule has 1 amide bonds. The molecule has 392 valence electrons. The Labute approximate surface area is 414 Å². The molecule has 8 fully saturated rings. The van der Waals surface area contributed by atoms with Gasteiger partial charge in [0.25, 0.3) is 0 Å². The van der Waals surface area contributed by atoms with Crippen LogP contribution in [0.15, 0.2) is 24.2 Å². The van der Waals surface area contributed by atoms with Gasteiger partial charge in [0, 0.05) is 35.9 Å². The largest absolute Gasteiger partial charge is 0.481 e. The van der Waals surface area contributed by atoms with Crippen molar-refractivity contribution < 1.29 is 54.8 Å². The minimum atomic E-state index is -1.61. The van der Waals surface area contributed by atoms with E-state index < -0.39 is 81.2 Å². The van der Waals surface area contributed by atoms with Gasteiger partial charge in [0.05, 0.1) is 42.6 Å². The fraction of sp³-hybridized carbons (Fsp3) is 0.873. The Morgan fingerprint density at radius 3 is 2.23 bits per heavy atom. The summed E-state index contributed by atoms with van der Waals surface area (Å²) in [5, 5.41) is 84.4. The number of aliphatic hydroxyl groups excluding tert-OH is 6. The molecule has 2 aliphatic heterocycles. The number of amides is 1. The average Bonchev–Trinajstić information content (AvgIpc) is 4.19. The number of ether oxygens (including phenoxy) is 2. The number of carboxylic acids is 1. The second-order valence-electron chi connectivity index (χ2n) is 26.1. The lowest BCUT2D eigenvalue weighted by atomic mass is 9.26. The predicted octanol–water partition coefficient (Wildman–Crippen LogP) is 5.32. The van der Waals surface area contributed by atoms with Crippen molar-refractivity contribution in [1.82, 2.24) is 15.3 Å². The summed E-state index contributed by atoms with van der Waals surface area (Å²) in [7, 11) is 0. The molecule has 19 unspecified atom stereocenters. The number of hydrogen-bond acceptors (Lipinski definition) is 12. The van der Waals surface area contributed by atoms with Gasteiger partial charge in [0.1, 0.15) is 18.3 Å². The highest BCUT2D eigenvalue weighted by atomic mass is 16.7. The Morgan fingerprint density at radius 2 is 1.59 bits per heavy atom. The number of nitrogens with zero attached hydrogens (tertiary/aromatic N) is 1. The van der Waals surface area contributed by atoms with Crippen molar-refractivity contribution in [3.63, 3.8) is 0 Å². The van der Waals surface area contributed by atoms with Crippen molar-refractivity contribution in [3.05, 3.63) is 29.9 Å². The average molecular weight is 979 g/mol. The van der Waals surface area contributed by atoms with Crippen molar-refractivity contribution in [2.24, 2.45) is 78.6 Å². The molecule has 7 aliphatic carbocycles. The third kappa shape index (κ3) is 6.92. The van der Waals surface area contributed by atoms with E-state index in [1.54, 1.807) is 6.33 Å². The van der Waals surface area contributed by atoms with Gasteiger partial charge in [-0.15, -0.1) is 0 Å². The zero-order chi connectivity index (χ0) is 50.0. The number of aliphatic carboxylic acids is 1. The number of fused-ring (bicyclic) bond motifs is 8. The van der Waals surface area contributed by atoms with Gasteiger partial charge >= 0.3 is 5.97 Å². The number of carbonyl (C=O) groups excluding carboxylic acids is 1. The summed E-state index contributed by atoms with van der Waals surface area (Å²) < 4.78 is 12.8. The molecule has 70 heavy (non-hydrogen) atoms. The molecule has 10 rings (SSSR count). The molecule has 9 aliphatic rings. The molecule has 0 aromatic carbocycles. The molecule has 1 aromatic rings. The number of nitrogens with two attached hydrogens (primary N) is 1. The Balaban J connectivity index is 1.16. The van der Waals surface area contributed by atoms with Gasteiger partial charge < -0.3 is 61.3 Å². The van der Waals surface area contributed by atoms with Crippen molar-refractivity contribution in [3.8, 4) is 0 Å². The Morgan fingerprint density at radius 1 is 0.886 bits per heavy atom. The summed E-state index contributed by atoms with van der Waals surface area (Å²) in [4.78, 5) is 36.4. The first-order valence-corrected chi connectivity index (χ1v) is 27.4. The van der Waals surface area contributed by atoms with Crippen LogP contribution in [0.3, 0.4) is 0 Å². The number of carboxylic acid groups (broad SMARTS) is 1. The molecule has 19 atom stereocenters. The number of aliphatic hydroxyl groups is 6. The molecule has 3 heterocycles. The lowest BCUT2D eigenvalue weighted by Gasteiger charge is -2.78. The third-order valence-corrected chi connectivity index (χ3v) is 23.6. The van der Waals surface area contributed by atoms with E-state index in [1.165, 1.54) is 5.57 Å². The number of aromatic nitrogens is 2. The van der Waals surface area contributed by atoms with Crippen molar-refractivity contribution >= 4 is 11.9 Å². The van der Waals surface area contributed by atoms with E-state index in [2.05, 4.69) is 49.1 Å². The number of allylic oxidation sites excluding steroid dienone is 2. The summed E-state index contributed by atoms with van der Waals surface area (Å²) in [6.45, 7) is 11.4. The Kier molecular flexibility index (Phi) is 13.0. The van der Waals surface area contributed by atoms with E-state index in [0.29, 0.717) is 51.5 Å². The second-order valence-corrected chi connectivity index (χ2v) is 26.1. The van der Waals surface area contributed by atoms with Gasteiger partial charge in [-0.25, -0.2) is 4.98 Å². The molecular formula is C55H86N4O11. The molecule has 1 aromatic heterocycles. The minimum absolute atomic E-state index is 0.00620. The van der Waals surface area contributed by atoms with Crippen LogP contribution in [0.2, 0.25) is 0 Å². The fourth-order valence-electron chi connectivity index (χ4n) is 19.5. The second kappa shape index (κ2) is 17.8. The van der Waals surface area contributed by atoms with Gasteiger partial charge in [0.2, 0.25) is 5.91 Å². The van der Waals surface area contributed by atoms with Crippen LogP contribution in [-0.4, -0.2) is 127 Å². The molecule has 15 nitrogen and oxygen atoms in total. The topological polar surface area (TPSA) is 261 Å². The van der Waals surface area contributed by atoms with E-state index in [1.807, 2.05) is 13.1 Å². The van der Waals surface area contributed by atoms with Crippen LogP contribution >= 0.6 is 0 Å². The molecule has 15 heteroatoms. The number of H-pyrrole nitrogens is 1. The highest BCUT2D eigenvalue weighted by molar-refractivity contribution is 5.86. The zero-order valence-corrected chi connectivity index (χ0v) is 42.6. The first kappa shape index (κ1) is 51.0. The van der Waals surface area contributed by atoms with Gasteiger partial charge in [-0.3, -0.25) is 9.59 Å². The molecule has 2 spiro atoms. The first-order valence-electron chi connectivity index (χ1n) is 27.4. The summed E-state index contributed by atoms with van der Waals surface area (Å²) in [5.41, 5.74) is 3.60. The predicted molar refractivity (Wildman–Crippen MR) is 259 cm³/mol. The van der Waals surface area contributed by atoms with Gasteiger partial charge in [-0.05, 0) is 153 Å². The molecule has 6 saturated carbocycles. The lowest BCUT2D eigenvalue weighted by molar-refractivity contribution is -0.351. The lowest BCUT2D eigenvalue weighted by Crippen LogP contribution is -2.76. The monoisotopic (exact) mass is 979 g/mol. The third-order valence-electron chi connectivity index (χ3n) is 23.6. The standard InChI is InChI=1S/C55H86N4O11/c1-48(28-60)18-20-55(47(67)68)21-19-50(3)32(35(55)24-48)12-13-38-51(4)34(23-33-40(59-46(66)54(33)16-8-9-17-54)31(11-10-22-56)36-26-57-30-58-36)41(63)44(70-45-43(65)42(64)37(62)27-69-45)49(2,29-61)39(51)25-53(52(38,50)5)14-6-7-15-53/h12,26,30-31,33-35,37-45,60-65H,6-11,13-25,27-29,56H2,1-5H3,(H,57,58)(H,59,66)(H,67,68). The number of aromatic amines is 1. The summed E-state index contributed by atoms with van der Waals surface area (Å²) >= 11 is 0. The highest BCUT2D eigenvalue weighted by Gasteiger charge is 2.79.